The van der Waals surface area contributed by atoms with Crippen LogP contribution >= 0.6 is 0 Å². The second kappa shape index (κ2) is 11.2. The van der Waals surface area contributed by atoms with Gasteiger partial charge in [0.15, 0.2) is 0 Å². The first-order valence-corrected chi connectivity index (χ1v) is 11.5. The van der Waals surface area contributed by atoms with Crippen LogP contribution in [0.25, 0.3) is 11.0 Å². The van der Waals surface area contributed by atoms with E-state index in [0.29, 0.717) is 0 Å². The number of amides is 1. The third-order valence-electron chi connectivity index (χ3n) is 6.07. The molecule has 0 spiro atoms. The summed E-state index contributed by atoms with van der Waals surface area (Å²) in [4.78, 5) is 17.1. The SMILES string of the molecule is CCCCCn1c(CCCCCNC(=O)C2CCCCC2)nc2ccccc21. The molecule has 0 unspecified atom stereocenters. The molecule has 0 saturated heterocycles. The lowest BCUT2D eigenvalue weighted by atomic mass is 9.89. The van der Waals surface area contributed by atoms with E-state index in [4.69, 9.17) is 4.98 Å². The first kappa shape index (κ1) is 20.9. The van der Waals surface area contributed by atoms with Crippen molar-refractivity contribution < 1.29 is 4.79 Å². The Bertz CT molecular complexity index is 731. The Morgan fingerprint density at radius 3 is 2.71 bits per heavy atom. The number of hydrogen-bond donors (Lipinski definition) is 1. The van der Waals surface area contributed by atoms with Crippen molar-refractivity contribution in [3.63, 3.8) is 0 Å². The van der Waals surface area contributed by atoms with Gasteiger partial charge in [0, 0.05) is 25.4 Å². The number of aryl methyl sites for hydroxylation is 2. The summed E-state index contributed by atoms with van der Waals surface area (Å²) in [5.41, 5.74) is 2.39. The zero-order valence-corrected chi connectivity index (χ0v) is 17.6. The second-order valence-corrected chi connectivity index (χ2v) is 8.31. The van der Waals surface area contributed by atoms with Crippen molar-refractivity contribution >= 4 is 16.9 Å². The molecule has 1 N–H and O–H groups in total. The van der Waals surface area contributed by atoms with Crippen LogP contribution in [-0.2, 0) is 17.8 Å². The minimum atomic E-state index is 0.275. The smallest absolute Gasteiger partial charge is 0.223 e. The van der Waals surface area contributed by atoms with E-state index in [1.165, 1.54) is 49.9 Å². The molecule has 1 aromatic carbocycles. The van der Waals surface area contributed by atoms with Gasteiger partial charge in [0.25, 0.3) is 0 Å². The fourth-order valence-electron chi connectivity index (χ4n) is 4.39. The van der Waals surface area contributed by atoms with Gasteiger partial charge >= 0.3 is 0 Å². The molecule has 0 bridgehead atoms. The van der Waals surface area contributed by atoms with Gasteiger partial charge in [-0.25, -0.2) is 4.98 Å². The highest BCUT2D eigenvalue weighted by atomic mass is 16.1. The molecular formula is C24H37N3O. The molecule has 4 heteroatoms. The van der Waals surface area contributed by atoms with Crippen molar-refractivity contribution in [2.24, 2.45) is 5.92 Å². The number of unbranched alkanes of at least 4 members (excludes halogenated alkanes) is 4. The normalized spacial score (nSPS) is 15.2. The second-order valence-electron chi connectivity index (χ2n) is 8.31. The molecule has 0 radical (unpaired) electrons. The zero-order chi connectivity index (χ0) is 19.6. The third-order valence-corrected chi connectivity index (χ3v) is 6.07. The number of fused-ring (bicyclic) bond motifs is 1. The van der Waals surface area contributed by atoms with E-state index in [1.54, 1.807) is 0 Å². The number of para-hydroxylation sites is 2. The number of carbonyl (C=O) groups is 1. The number of benzene rings is 1. The molecule has 1 saturated carbocycles. The van der Waals surface area contributed by atoms with Gasteiger partial charge in [-0.1, -0.05) is 57.6 Å². The minimum absolute atomic E-state index is 0.275. The van der Waals surface area contributed by atoms with Gasteiger partial charge in [-0.2, -0.15) is 0 Å². The quantitative estimate of drug-likeness (QED) is 0.511. The predicted octanol–water partition coefficient (Wildman–Crippen LogP) is 5.64. The molecule has 1 heterocycles. The molecule has 1 aromatic heterocycles. The van der Waals surface area contributed by atoms with Gasteiger partial charge < -0.3 is 9.88 Å². The predicted molar refractivity (Wildman–Crippen MR) is 116 cm³/mol. The van der Waals surface area contributed by atoms with Crippen molar-refractivity contribution in [3.05, 3.63) is 30.1 Å². The van der Waals surface area contributed by atoms with Crippen molar-refractivity contribution in [1.29, 1.82) is 0 Å². The lowest BCUT2D eigenvalue weighted by Gasteiger charge is -2.20. The number of carbonyl (C=O) groups excluding carboxylic acids is 1. The van der Waals surface area contributed by atoms with Crippen LogP contribution in [0.1, 0.15) is 83.4 Å². The van der Waals surface area contributed by atoms with Crippen LogP contribution in [-0.4, -0.2) is 22.0 Å². The lowest BCUT2D eigenvalue weighted by molar-refractivity contribution is -0.125. The highest BCUT2D eigenvalue weighted by Gasteiger charge is 2.20. The van der Waals surface area contributed by atoms with E-state index >= 15 is 0 Å². The van der Waals surface area contributed by atoms with Crippen molar-refractivity contribution in [3.8, 4) is 0 Å². The molecular weight excluding hydrogens is 346 g/mol. The number of rotatable bonds is 11. The van der Waals surface area contributed by atoms with Crippen LogP contribution < -0.4 is 5.32 Å². The summed E-state index contributed by atoms with van der Waals surface area (Å²) < 4.78 is 2.43. The molecule has 1 aliphatic rings. The van der Waals surface area contributed by atoms with Crippen molar-refractivity contribution in [2.45, 2.75) is 90.5 Å². The molecule has 1 fully saturated rings. The maximum atomic E-state index is 12.2. The average Bonchev–Trinajstić information content (AvgIpc) is 3.09. The minimum Gasteiger partial charge on any atom is -0.356 e. The van der Waals surface area contributed by atoms with Crippen LogP contribution in [0, 0.1) is 5.92 Å². The van der Waals surface area contributed by atoms with Gasteiger partial charge in [-0.15, -0.1) is 0 Å². The summed E-state index contributed by atoms with van der Waals surface area (Å²) in [5.74, 6) is 1.79. The summed E-state index contributed by atoms with van der Waals surface area (Å²) in [6.07, 6.45) is 14.0. The molecule has 4 nitrogen and oxygen atoms in total. The van der Waals surface area contributed by atoms with Gasteiger partial charge in [0.05, 0.1) is 11.0 Å². The van der Waals surface area contributed by atoms with Crippen LogP contribution in [0.3, 0.4) is 0 Å². The average molecular weight is 384 g/mol. The molecule has 3 rings (SSSR count). The fourth-order valence-corrected chi connectivity index (χ4v) is 4.39. The van der Waals surface area contributed by atoms with Crippen LogP contribution in [0.15, 0.2) is 24.3 Å². The Morgan fingerprint density at radius 1 is 1.07 bits per heavy atom. The monoisotopic (exact) mass is 383 g/mol. The Labute approximate surface area is 170 Å². The largest absolute Gasteiger partial charge is 0.356 e. The van der Waals surface area contributed by atoms with Gasteiger partial charge in [0.1, 0.15) is 5.82 Å². The van der Waals surface area contributed by atoms with Crippen molar-refractivity contribution in [2.75, 3.05) is 6.54 Å². The number of hydrogen-bond acceptors (Lipinski definition) is 2. The van der Waals surface area contributed by atoms with E-state index < -0.39 is 0 Å². The summed E-state index contributed by atoms with van der Waals surface area (Å²) in [6.45, 7) is 4.14. The Kier molecular flexibility index (Phi) is 8.38. The molecule has 154 valence electrons. The number of nitrogens with one attached hydrogen (secondary N) is 1. The summed E-state index contributed by atoms with van der Waals surface area (Å²) in [5, 5.41) is 3.16. The topological polar surface area (TPSA) is 46.9 Å². The third kappa shape index (κ3) is 5.83. The first-order chi connectivity index (χ1) is 13.8. The number of imidazole rings is 1. The lowest BCUT2D eigenvalue weighted by Crippen LogP contribution is -2.32. The van der Waals surface area contributed by atoms with Gasteiger partial charge in [-0.05, 0) is 44.2 Å². The van der Waals surface area contributed by atoms with Gasteiger partial charge in [0.2, 0.25) is 5.91 Å². The summed E-state index contributed by atoms with van der Waals surface area (Å²) in [6, 6.07) is 8.50. The summed E-state index contributed by atoms with van der Waals surface area (Å²) in [7, 11) is 0. The van der Waals surface area contributed by atoms with Crippen LogP contribution in [0.5, 0.6) is 0 Å². The van der Waals surface area contributed by atoms with Crippen molar-refractivity contribution in [1.82, 2.24) is 14.9 Å². The van der Waals surface area contributed by atoms with E-state index in [9.17, 15) is 4.79 Å². The van der Waals surface area contributed by atoms with Gasteiger partial charge in [-0.3, -0.25) is 4.79 Å². The van der Waals surface area contributed by atoms with E-state index in [2.05, 4.69) is 41.1 Å². The molecule has 0 atom stereocenters. The Balaban J connectivity index is 1.42. The van der Waals surface area contributed by atoms with E-state index in [1.807, 2.05) is 0 Å². The first-order valence-electron chi connectivity index (χ1n) is 11.5. The maximum absolute atomic E-state index is 12.2. The van der Waals surface area contributed by atoms with E-state index in [0.717, 1.165) is 57.1 Å². The Hall–Kier alpha value is -1.84. The molecule has 1 amide bonds. The number of nitrogens with zero attached hydrogens (tertiary/aromatic N) is 2. The molecule has 1 aliphatic carbocycles. The van der Waals surface area contributed by atoms with Crippen LogP contribution in [0.4, 0.5) is 0 Å². The summed E-state index contributed by atoms with van der Waals surface area (Å²) >= 11 is 0. The van der Waals surface area contributed by atoms with Crippen LogP contribution in [0.2, 0.25) is 0 Å². The Morgan fingerprint density at radius 2 is 1.89 bits per heavy atom. The highest BCUT2D eigenvalue weighted by Crippen LogP contribution is 2.23. The molecule has 0 aliphatic heterocycles. The standard InChI is InChI=1S/C24H37N3O/c1-2-3-12-19-27-22-16-10-9-15-21(22)26-23(27)17-8-5-11-18-25-24(28)20-13-6-4-7-14-20/h9-10,15-16,20H,2-8,11-14,17-19H2,1H3,(H,25,28). The molecule has 28 heavy (non-hydrogen) atoms. The fraction of sp³-hybridized carbons (Fsp3) is 0.667. The zero-order valence-electron chi connectivity index (χ0n) is 17.6. The number of aromatic nitrogens is 2. The molecule has 2 aromatic rings. The van der Waals surface area contributed by atoms with E-state index in [-0.39, 0.29) is 11.8 Å². The maximum Gasteiger partial charge on any atom is 0.223 e. The highest BCUT2D eigenvalue weighted by molar-refractivity contribution is 5.78.